The van der Waals surface area contributed by atoms with E-state index in [1.807, 2.05) is 30.3 Å². The van der Waals surface area contributed by atoms with Crippen LogP contribution in [0.25, 0.3) is 10.8 Å². The van der Waals surface area contributed by atoms with Crippen LogP contribution in [-0.4, -0.2) is 46.3 Å². The second-order valence-electron chi connectivity index (χ2n) is 10.0. The molecule has 1 fully saturated rings. The van der Waals surface area contributed by atoms with Gasteiger partial charge in [-0.2, -0.15) is 13.2 Å². The first-order chi connectivity index (χ1) is 18.5. The molecule has 206 valence electrons. The highest BCUT2D eigenvalue weighted by atomic mass is 19.4. The summed E-state index contributed by atoms with van der Waals surface area (Å²) in [5, 5.41) is 24.2. The summed E-state index contributed by atoms with van der Waals surface area (Å²) in [5.74, 6) is -2.84. The highest BCUT2D eigenvalue weighted by Gasteiger charge is 2.45. The van der Waals surface area contributed by atoms with Crippen molar-refractivity contribution >= 4 is 22.5 Å². The molecule has 1 saturated heterocycles. The number of aromatic hydroxyl groups is 2. The SMILES string of the molecule is C[C@H]1O[C@@H](c2ccc(O)c3c(O)c4c(cc23)CCCC4=O)C[C@@H](NC(=O)C(F)(F)F)[C@@H]1OCc1ccccc1. The summed E-state index contributed by atoms with van der Waals surface area (Å²) in [4.78, 5) is 24.5. The molecule has 0 bridgehead atoms. The number of hydrogen-bond acceptors (Lipinski definition) is 6. The van der Waals surface area contributed by atoms with Crippen LogP contribution in [0.3, 0.4) is 0 Å². The second kappa shape index (κ2) is 10.5. The van der Waals surface area contributed by atoms with E-state index < -0.39 is 36.4 Å². The lowest BCUT2D eigenvalue weighted by Crippen LogP contribution is -2.56. The standard InChI is InChI=1S/C29H28F3NO6/c1-15-27(38-14-16-6-3-2-4-7-16)20(33-28(37)29(30,31)32)13-23(39-15)18-10-11-22(35)25-19(18)12-17-8-5-9-21(34)24(17)26(25)36/h2-4,6-7,10-12,15,20,23,27,35-36H,5,8-9,13-14H2,1H3,(H,33,37)/t15-,20-,23-,27-/m1/s1. The number of amides is 1. The molecule has 5 rings (SSSR count). The Morgan fingerprint density at radius 2 is 1.87 bits per heavy atom. The summed E-state index contributed by atoms with van der Waals surface area (Å²) in [6.07, 6.45) is -6.06. The Labute approximate surface area is 222 Å². The number of carbonyl (C=O) groups excluding carboxylic acids is 2. The lowest BCUT2D eigenvalue weighted by atomic mass is 9.84. The first-order valence-electron chi connectivity index (χ1n) is 12.8. The third-order valence-electron chi connectivity index (χ3n) is 7.41. The molecule has 0 aromatic heterocycles. The van der Waals surface area contributed by atoms with Gasteiger partial charge in [0, 0.05) is 12.8 Å². The number of aryl methyl sites for hydroxylation is 1. The maximum absolute atomic E-state index is 13.2. The number of benzene rings is 3. The number of hydrogen-bond donors (Lipinski definition) is 3. The van der Waals surface area contributed by atoms with Gasteiger partial charge in [-0.1, -0.05) is 36.4 Å². The zero-order chi connectivity index (χ0) is 27.9. The van der Waals surface area contributed by atoms with Gasteiger partial charge < -0.3 is 25.0 Å². The monoisotopic (exact) mass is 543 g/mol. The normalized spacial score (nSPS) is 23.4. The van der Waals surface area contributed by atoms with E-state index in [4.69, 9.17) is 9.47 Å². The van der Waals surface area contributed by atoms with Crippen molar-refractivity contribution in [1.29, 1.82) is 0 Å². The Kier molecular flexibility index (Phi) is 7.26. The van der Waals surface area contributed by atoms with E-state index in [0.29, 0.717) is 35.8 Å². The average molecular weight is 544 g/mol. The molecule has 4 atom stereocenters. The third-order valence-corrected chi connectivity index (χ3v) is 7.41. The summed E-state index contributed by atoms with van der Waals surface area (Å²) in [6, 6.07) is 12.7. The lowest BCUT2D eigenvalue weighted by molar-refractivity contribution is -0.183. The number of halogens is 3. The highest BCUT2D eigenvalue weighted by Crippen LogP contribution is 2.45. The Morgan fingerprint density at radius 3 is 2.59 bits per heavy atom. The number of fused-ring (bicyclic) bond motifs is 2. The van der Waals surface area contributed by atoms with E-state index in [-0.39, 0.29) is 41.3 Å². The van der Waals surface area contributed by atoms with Crippen molar-refractivity contribution in [3.63, 3.8) is 0 Å². The number of ketones is 1. The van der Waals surface area contributed by atoms with Crippen molar-refractivity contribution in [3.8, 4) is 11.5 Å². The van der Waals surface area contributed by atoms with Gasteiger partial charge in [-0.05, 0) is 54.0 Å². The summed E-state index contributed by atoms with van der Waals surface area (Å²) >= 11 is 0. The van der Waals surface area contributed by atoms with Gasteiger partial charge in [-0.15, -0.1) is 0 Å². The number of Topliss-reactive ketones (excluding diaryl/α,β-unsaturated/α-hetero) is 1. The predicted octanol–water partition coefficient (Wildman–Crippen LogP) is 5.25. The molecular formula is C29H28F3NO6. The smallest absolute Gasteiger partial charge is 0.471 e. The van der Waals surface area contributed by atoms with Gasteiger partial charge in [0.25, 0.3) is 0 Å². The molecule has 1 amide bonds. The van der Waals surface area contributed by atoms with Crippen LogP contribution in [0.4, 0.5) is 13.2 Å². The molecule has 3 aromatic carbocycles. The largest absolute Gasteiger partial charge is 0.507 e. The van der Waals surface area contributed by atoms with E-state index in [0.717, 1.165) is 5.56 Å². The number of phenols is 2. The van der Waals surface area contributed by atoms with Gasteiger partial charge in [0.15, 0.2) is 5.78 Å². The van der Waals surface area contributed by atoms with E-state index in [2.05, 4.69) is 5.32 Å². The van der Waals surface area contributed by atoms with E-state index >= 15 is 0 Å². The summed E-state index contributed by atoms with van der Waals surface area (Å²) in [6.45, 7) is 1.77. The molecule has 0 radical (unpaired) electrons. The molecule has 2 aliphatic rings. The first-order valence-corrected chi connectivity index (χ1v) is 12.8. The van der Waals surface area contributed by atoms with Crippen LogP contribution in [0.1, 0.15) is 59.3 Å². The molecule has 7 nitrogen and oxygen atoms in total. The number of rotatable bonds is 5. The lowest BCUT2D eigenvalue weighted by Gasteiger charge is -2.41. The molecular weight excluding hydrogens is 515 g/mol. The number of carbonyl (C=O) groups is 2. The summed E-state index contributed by atoms with van der Waals surface area (Å²) in [5.41, 5.74) is 2.15. The van der Waals surface area contributed by atoms with Gasteiger partial charge in [0.1, 0.15) is 17.6 Å². The van der Waals surface area contributed by atoms with Crippen molar-refractivity contribution in [2.24, 2.45) is 0 Å². The molecule has 0 unspecified atom stereocenters. The van der Waals surface area contributed by atoms with E-state index in [1.165, 1.54) is 6.07 Å². The molecule has 0 saturated carbocycles. The molecule has 3 N–H and O–H groups in total. The molecule has 3 aromatic rings. The van der Waals surface area contributed by atoms with Gasteiger partial charge in [0.05, 0.1) is 35.8 Å². The minimum absolute atomic E-state index is 0.0533. The average Bonchev–Trinajstić information content (AvgIpc) is 2.88. The van der Waals surface area contributed by atoms with Crippen LogP contribution in [0, 0.1) is 0 Å². The van der Waals surface area contributed by atoms with Gasteiger partial charge in [0.2, 0.25) is 0 Å². The topological polar surface area (TPSA) is 105 Å². The fourth-order valence-electron chi connectivity index (χ4n) is 5.60. The third kappa shape index (κ3) is 5.31. The number of ether oxygens (including phenoxy) is 2. The minimum Gasteiger partial charge on any atom is -0.507 e. The Hall–Kier alpha value is -3.63. The number of nitrogens with one attached hydrogen (secondary N) is 1. The minimum atomic E-state index is -5.08. The Morgan fingerprint density at radius 1 is 1.13 bits per heavy atom. The van der Waals surface area contributed by atoms with Crippen LogP contribution in [0.2, 0.25) is 0 Å². The fraction of sp³-hybridized carbons (Fsp3) is 0.379. The van der Waals surface area contributed by atoms with E-state index in [1.54, 1.807) is 19.1 Å². The quantitative estimate of drug-likeness (QED) is 0.406. The molecule has 1 aliphatic heterocycles. The Balaban J connectivity index is 1.51. The summed E-state index contributed by atoms with van der Waals surface area (Å²) in [7, 11) is 0. The van der Waals surface area contributed by atoms with Crippen molar-refractivity contribution in [3.05, 3.63) is 70.8 Å². The maximum atomic E-state index is 13.2. The highest BCUT2D eigenvalue weighted by molar-refractivity contribution is 6.09. The summed E-state index contributed by atoms with van der Waals surface area (Å²) < 4.78 is 51.9. The van der Waals surface area contributed by atoms with Gasteiger partial charge in [-0.3, -0.25) is 9.59 Å². The van der Waals surface area contributed by atoms with Crippen LogP contribution in [-0.2, 0) is 27.3 Å². The van der Waals surface area contributed by atoms with Crippen LogP contribution in [0.5, 0.6) is 11.5 Å². The zero-order valence-electron chi connectivity index (χ0n) is 21.1. The van der Waals surface area contributed by atoms with Crippen molar-refractivity contribution < 1.29 is 42.4 Å². The van der Waals surface area contributed by atoms with E-state index in [9.17, 15) is 33.0 Å². The predicted molar refractivity (Wildman–Crippen MR) is 135 cm³/mol. The van der Waals surface area contributed by atoms with Crippen LogP contribution < -0.4 is 5.32 Å². The van der Waals surface area contributed by atoms with Gasteiger partial charge in [-0.25, -0.2) is 0 Å². The number of alkyl halides is 3. The molecule has 39 heavy (non-hydrogen) atoms. The maximum Gasteiger partial charge on any atom is 0.471 e. The molecule has 1 heterocycles. The second-order valence-corrected chi connectivity index (χ2v) is 10.0. The molecule has 10 heteroatoms. The Bertz CT molecular complexity index is 1410. The number of phenolic OH excluding ortho intramolecular Hbond substituents is 2. The van der Waals surface area contributed by atoms with Crippen molar-refractivity contribution in [2.75, 3.05) is 0 Å². The van der Waals surface area contributed by atoms with Crippen molar-refractivity contribution in [1.82, 2.24) is 5.32 Å². The van der Waals surface area contributed by atoms with Crippen molar-refractivity contribution in [2.45, 2.75) is 69.7 Å². The first kappa shape index (κ1) is 27.0. The fourth-order valence-corrected chi connectivity index (χ4v) is 5.60. The van der Waals surface area contributed by atoms with Gasteiger partial charge >= 0.3 is 12.1 Å². The zero-order valence-corrected chi connectivity index (χ0v) is 21.1. The van der Waals surface area contributed by atoms with Crippen LogP contribution in [0.15, 0.2) is 48.5 Å². The van der Waals surface area contributed by atoms with Crippen LogP contribution >= 0.6 is 0 Å². The molecule has 0 spiro atoms. The molecule has 1 aliphatic carbocycles.